The molecule has 0 radical (unpaired) electrons. The van der Waals surface area contributed by atoms with Crippen molar-refractivity contribution in [3.8, 4) is 5.88 Å². The van der Waals surface area contributed by atoms with Crippen molar-refractivity contribution in [2.45, 2.75) is 11.3 Å². The largest absolute Gasteiger partial charge is 0.574 e. The Morgan fingerprint density at radius 1 is 1.42 bits per heavy atom. The van der Waals surface area contributed by atoms with Gasteiger partial charge in [0.1, 0.15) is 0 Å². The van der Waals surface area contributed by atoms with Crippen LogP contribution in [0.2, 0.25) is 0 Å². The molecule has 7 nitrogen and oxygen atoms in total. The number of pyridine rings is 1. The zero-order valence-electron chi connectivity index (χ0n) is 8.31. The number of ether oxygens (including phenoxy) is 1. The maximum Gasteiger partial charge on any atom is 0.574 e. The Labute approximate surface area is 106 Å². The van der Waals surface area contributed by atoms with E-state index in [1.165, 1.54) is 0 Å². The van der Waals surface area contributed by atoms with Gasteiger partial charge in [-0.05, 0) is 0 Å². The van der Waals surface area contributed by atoms with E-state index in [1.54, 1.807) is 0 Å². The standard InChI is InChI=1S/C6HClF4N2O5S/c7-19(16,17)4-2(13(14)15)1-3(8)12-5(4)18-6(9,10)11/h1H. The van der Waals surface area contributed by atoms with Crippen molar-refractivity contribution in [3.05, 3.63) is 22.1 Å². The Kier molecular flexibility index (Phi) is 3.86. The number of hydrogen-bond donors (Lipinski definition) is 0. The van der Waals surface area contributed by atoms with E-state index in [4.69, 9.17) is 10.7 Å². The molecule has 0 aromatic carbocycles. The van der Waals surface area contributed by atoms with Crippen molar-refractivity contribution in [3.63, 3.8) is 0 Å². The molecule has 13 heteroatoms. The summed E-state index contributed by atoms with van der Waals surface area (Å²) in [6, 6.07) is -0.00149. The molecule has 0 aliphatic carbocycles. The minimum Gasteiger partial charge on any atom is -0.386 e. The molecule has 1 rings (SSSR count). The smallest absolute Gasteiger partial charge is 0.386 e. The van der Waals surface area contributed by atoms with Crippen LogP contribution < -0.4 is 4.74 Å². The second kappa shape index (κ2) is 4.77. The molecule has 0 fully saturated rings. The van der Waals surface area contributed by atoms with E-state index < -0.39 is 42.7 Å². The third-order valence-electron chi connectivity index (χ3n) is 1.54. The number of halogens is 5. The molecule has 106 valence electrons. The molecule has 0 saturated carbocycles. The van der Waals surface area contributed by atoms with Crippen molar-refractivity contribution in [2.75, 3.05) is 0 Å². The van der Waals surface area contributed by atoms with Crippen LogP contribution in [0.25, 0.3) is 0 Å². The molecular formula is C6HClF4N2O5S. The van der Waals surface area contributed by atoms with Crippen LogP contribution in [-0.4, -0.2) is 24.7 Å². The average molecular weight is 325 g/mol. The fraction of sp³-hybridized carbons (Fsp3) is 0.167. The van der Waals surface area contributed by atoms with E-state index >= 15 is 0 Å². The zero-order valence-corrected chi connectivity index (χ0v) is 9.88. The van der Waals surface area contributed by atoms with E-state index in [9.17, 15) is 36.1 Å². The van der Waals surface area contributed by atoms with Gasteiger partial charge in [0.2, 0.25) is 10.8 Å². The van der Waals surface area contributed by atoms with Gasteiger partial charge in [0.05, 0.1) is 11.0 Å². The molecule has 19 heavy (non-hydrogen) atoms. The summed E-state index contributed by atoms with van der Waals surface area (Å²) in [5, 5.41) is 10.5. The number of hydrogen-bond acceptors (Lipinski definition) is 6. The summed E-state index contributed by atoms with van der Waals surface area (Å²) >= 11 is 0. The predicted octanol–water partition coefficient (Wildman–Crippen LogP) is 1.96. The lowest BCUT2D eigenvalue weighted by atomic mass is 10.4. The van der Waals surface area contributed by atoms with Crippen molar-refractivity contribution in [1.82, 2.24) is 4.98 Å². The zero-order chi connectivity index (χ0) is 15.0. The first kappa shape index (κ1) is 15.4. The fourth-order valence-corrected chi connectivity index (χ4v) is 2.13. The quantitative estimate of drug-likeness (QED) is 0.277. The highest BCUT2D eigenvalue weighted by Crippen LogP contribution is 2.36. The average Bonchev–Trinajstić information content (AvgIpc) is 2.10. The van der Waals surface area contributed by atoms with Gasteiger partial charge in [-0.2, -0.15) is 9.37 Å². The molecule has 0 atom stereocenters. The van der Waals surface area contributed by atoms with Gasteiger partial charge < -0.3 is 4.74 Å². The summed E-state index contributed by atoms with van der Waals surface area (Å²) in [6.45, 7) is 0. The highest BCUT2D eigenvalue weighted by atomic mass is 35.7. The summed E-state index contributed by atoms with van der Waals surface area (Å²) in [7, 11) is -0.270. The summed E-state index contributed by atoms with van der Waals surface area (Å²) in [4.78, 5) is 9.86. The molecule has 1 heterocycles. The highest BCUT2D eigenvalue weighted by Gasteiger charge is 2.39. The third kappa shape index (κ3) is 3.89. The summed E-state index contributed by atoms with van der Waals surface area (Å²) in [5.41, 5.74) is -1.53. The molecule has 0 unspecified atom stereocenters. The Hall–Kier alpha value is -1.69. The lowest BCUT2D eigenvalue weighted by Crippen LogP contribution is -2.20. The predicted molar refractivity (Wildman–Crippen MR) is 50.6 cm³/mol. The fourth-order valence-electron chi connectivity index (χ4n) is 1.01. The first-order valence-electron chi connectivity index (χ1n) is 3.97. The van der Waals surface area contributed by atoms with E-state index in [2.05, 4.69) is 9.72 Å². The van der Waals surface area contributed by atoms with E-state index in [-0.39, 0.29) is 6.07 Å². The molecule has 0 amide bonds. The minimum atomic E-state index is -5.44. The van der Waals surface area contributed by atoms with Gasteiger partial charge in [-0.1, -0.05) is 0 Å². The SMILES string of the molecule is O=[N+]([O-])c1cc(F)nc(OC(F)(F)F)c1S(=O)(=O)Cl. The van der Waals surface area contributed by atoms with E-state index in [0.717, 1.165) is 0 Å². The topological polar surface area (TPSA) is 99.4 Å². The van der Waals surface area contributed by atoms with Gasteiger partial charge in [-0.25, -0.2) is 8.42 Å². The Bertz CT molecular complexity index is 631. The van der Waals surface area contributed by atoms with Gasteiger partial charge in [0, 0.05) is 10.7 Å². The molecular weight excluding hydrogens is 324 g/mol. The van der Waals surface area contributed by atoms with E-state index in [1.807, 2.05) is 0 Å². The molecule has 1 aromatic heterocycles. The lowest BCUT2D eigenvalue weighted by molar-refractivity contribution is -0.388. The van der Waals surface area contributed by atoms with Crippen LogP contribution in [0.4, 0.5) is 23.2 Å². The Morgan fingerprint density at radius 2 is 1.95 bits per heavy atom. The van der Waals surface area contributed by atoms with Crippen LogP contribution in [0.15, 0.2) is 11.0 Å². The van der Waals surface area contributed by atoms with Crippen molar-refractivity contribution in [2.24, 2.45) is 0 Å². The molecule has 0 bridgehead atoms. The van der Waals surface area contributed by atoms with Crippen LogP contribution >= 0.6 is 10.7 Å². The first-order valence-corrected chi connectivity index (χ1v) is 6.28. The van der Waals surface area contributed by atoms with Gasteiger partial charge in [-0.3, -0.25) is 10.1 Å². The molecule has 0 aliphatic heterocycles. The van der Waals surface area contributed by atoms with Crippen molar-refractivity contribution >= 4 is 25.4 Å². The number of aromatic nitrogens is 1. The molecule has 0 aliphatic rings. The Morgan fingerprint density at radius 3 is 2.32 bits per heavy atom. The number of rotatable bonds is 3. The van der Waals surface area contributed by atoms with E-state index in [0.29, 0.717) is 0 Å². The Balaban J connectivity index is 3.66. The van der Waals surface area contributed by atoms with Crippen molar-refractivity contribution < 1.29 is 35.6 Å². The van der Waals surface area contributed by atoms with Crippen LogP contribution in [0.3, 0.4) is 0 Å². The van der Waals surface area contributed by atoms with Gasteiger partial charge in [0.25, 0.3) is 20.6 Å². The number of alkyl halides is 3. The van der Waals surface area contributed by atoms with Crippen LogP contribution in [0.5, 0.6) is 5.88 Å². The maximum absolute atomic E-state index is 12.8. The third-order valence-corrected chi connectivity index (χ3v) is 2.88. The normalized spacial score (nSPS) is 12.3. The molecule has 0 spiro atoms. The van der Waals surface area contributed by atoms with Crippen molar-refractivity contribution in [1.29, 1.82) is 0 Å². The molecule has 1 aromatic rings. The summed E-state index contributed by atoms with van der Waals surface area (Å²) in [5.74, 6) is -3.61. The van der Waals surface area contributed by atoms with Crippen LogP contribution in [0, 0.1) is 16.1 Å². The second-order valence-corrected chi connectivity index (χ2v) is 5.34. The molecule has 0 saturated heterocycles. The van der Waals surface area contributed by atoms with Gasteiger partial charge in [-0.15, -0.1) is 13.2 Å². The molecule has 0 N–H and O–H groups in total. The number of nitrogens with zero attached hydrogens (tertiary/aromatic N) is 2. The van der Waals surface area contributed by atoms with Gasteiger partial charge in [0.15, 0.2) is 0 Å². The summed E-state index contributed by atoms with van der Waals surface area (Å²) < 4.78 is 73.9. The van der Waals surface area contributed by atoms with Crippen LogP contribution in [-0.2, 0) is 9.05 Å². The summed E-state index contributed by atoms with van der Waals surface area (Å²) in [6.07, 6.45) is -5.44. The monoisotopic (exact) mass is 324 g/mol. The highest BCUT2D eigenvalue weighted by molar-refractivity contribution is 8.14. The second-order valence-electron chi connectivity index (χ2n) is 2.84. The minimum absolute atomic E-state index is 0.00149. The number of nitro groups is 1. The lowest BCUT2D eigenvalue weighted by Gasteiger charge is -2.10. The first-order chi connectivity index (χ1) is 8.42. The van der Waals surface area contributed by atoms with Crippen LogP contribution in [0.1, 0.15) is 0 Å². The van der Waals surface area contributed by atoms with Gasteiger partial charge >= 0.3 is 6.36 Å². The maximum atomic E-state index is 12.8.